The average Bonchev–Trinajstić information content (AvgIpc) is 2.14. The van der Waals surface area contributed by atoms with E-state index in [-0.39, 0.29) is 5.54 Å². The van der Waals surface area contributed by atoms with Crippen LogP contribution in [0.15, 0.2) is 24.3 Å². The molecule has 0 fully saturated rings. The number of nitrogens with zero attached hydrogens (tertiary/aromatic N) is 1. The molecule has 0 spiro atoms. The lowest BCUT2D eigenvalue weighted by atomic mass is 9.87. The first-order valence-corrected chi connectivity index (χ1v) is 5.63. The summed E-state index contributed by atoms with van der Waals surface area (Å²) in [5, 5.41) is 9.57. The van der Waals surface area contributed by atoms with Crippen molar-refractivity contribution in [3.8, 4) is 5.75 Å². The largest absolute Gasteiger partial charge is 0.508 e. The van der Waals surface area contributed by atoms with Crippen LogP contribution in [0.25, 0.3) is 5.57 Å². The molecule has 0 aromatic heterocycles. The molecule has 1 aromatic carbocycles. The van der Waals surface area contributed by atoms with Gasteiger partial charge in [-0.2, -0.15) is 0 Å². The number of allylic oxidation sites excluding steroid dienone is 1. The SMILES string of the molecule is CC1=CC(C)(C)[N+](C)(C)c2ccc(O)cc21. The minimum Gasteiger partial charge on any atom is -0.508 e. The zero-order valence-electron chi connectivity index (χ0n) is 10.7. The summed E-state index contributed by atoms with van der Waals surface area (Å²) in [6.07, 6.45) is 2.29. The third kappa shape index (κ3) is 1.37. The van der Waals surface area contributed by atoms with Crippen molar-refractivity contribution in [2.24, 2.45) is 0 Å². The summed E-state index contributed by atoms with van der Waals surface area (Å²) in [6, 6.07) is 5.66. The van der Waals surface area contributed by atoms with Crippen LogP contribution in [0.3, 0.4) is 0 Å². The molecule has 0 atom stereocenters. The second-order valence-corrected chi connectivity index (χ2v) is 5.64. The summed E-state index contributed by atoms with van der Waals surface area (Å²) >= 11 is 0. The van der Waals surface area contributed by atoms with Gasteiger partial charge in [-0.25, -0.2) is 0 Å². The molecule has 2 nitrogen and oxygen atoms in total. The molecule has 1 aliphatic heterocycles. The van der Waals surface area contributed by atoms with Gasteiger partial charge in [-0.1, -0.05) is 0 Å². The van der Waals surface area contributed by atoms with Crippen LogP contribution in [-0.2, 0) is 0 Å². The van der Waals surface area contributed by atoms with E-state index in [0.717, 1.165) is 10.0 Å². The van der Waals surface area contributed by atoms with Crippen molar-refractivity contribution >= 4 is 11.3 Å². The Morgan fingerprint density at radius 1 is 1.19 bits per heavy atom. The predicted molar refractivity (Wildman–Crippen MR) is 69.5 cm³/mol. The third-order valence-electron chi connectivity index (χ3n) is 4.02. The van der Waals surface area contributed by atoms with Gasteiger partial charge in [0.15, 0.2) is 0 Å². The van der Waals surface area contributed by atoms with E-state index in [0.29, 0.717) is 5.75 Å². The number of phenols is 1. The standard InChI is InChI=1S/C14H19NO/c1-10-9-14(2,3)15(4,5)13-7-6-11(16)8-12(10)13/h6-9H,1-5H3/p+1. The van der Waals surface area contributed by atoms with Crippen molar-refractivity contribution in [3.63, 3.8) is 0 Å². The molecule has 1 aliphatic rings. The quantitative estimate of drug-likeness (QED) is 0.663. The molecule has 0 saturated heterocycles. The van der Waals surface area contributed by atoms with E-state index >= 15 is 0 Å². The van der Waals surface area contributed by atoms with Gasteiger partial charge in [-0.3, -0.25) is 4.48 Å². The van der Waals surface area contributed by atoms with Crippen LogP contribution < -0.4 is 4.48 Å². The van der Waals surface area contributed by atoms with E-state index in [1.54, 1.807) is 6.07 Å². The number of likely N-dealkylation sites (N-methyl/N-ethyl adjacent to an activating group) is 1. The first kappa shape index (κ1) is 11.2. The summed E-state index contributed by atoms with van der Waals surface area (Å²) < 4.78 is 0.806. The lowest BCUT2D eigenvalue weighted by molar-refractivity contribution is 0.247. The fraction of sp³-hybridized carbons (Fsp3) is 0.429. The van der Waals surface area contributed by atoms with E-state index < -0.39 is 0 Å². The van der Waals surface area contributed by atoms with Crippen molar-refractivity contribution < 1.29 is 5.11 Å². The van der Waals surface area contributed by atoms with Crippen molar-refractivity contribution in [2.75, 3.05) is 14.1 Å². The Bertz CT molecular complexity index is 470. The molecule has 1 N–H and O–H groups in total. The first-order chi connectivity index (χ1) is 7.25. The van der Waals surface area contributed by atoms with Gasteiger partial charge in [0.2, 0.25) is 0 Å². The van der Waals surface area contributed by atoms with Gasteiger partial charge in [-0.15, -0.1) is 0 Å². The van der Waals surface area contributed by atoms with Crippen molar-refractivity contribution in [1.29, 1.82) is 0 Å². The number of hydrogen-bond acceptors (Lipinski definition) is 1. The molecule has 2 rings (SSSR count). The Morgan fingerprint density at radius 2 is 1.81 bits per heavy atom. The molecule has 1 aromatic rings. The van der Waals surface area contributed by atoms with Gasteiger partial charge in [0.05, 0.1) is 14.1 Å². The van der Waals surface area contributed by atoms with Crippen LogP contribution in [0.5, 0.6) is 5.75 Å². The summed E-state index contributed by atoms with van der Waals surface area (Å²) in [5.74, 6) is 0.339. The average molecular weight is 218 g/mol. The second kappa shape index (κ2) is 3.11. The van der Waals surface area contributed by atoms with Crippen LogP contribution >= 0.6 is 0 Å². The molecular formula is C14H20NO+. The molecule has 0 saturated carbocycles. The number of hydrogen-bond donors (Lipinski definition) is 1. The molecular weight excluding hydrogens is 198 g/mol. The zero-order valence-corrected chi connectivity index (χ0v) is 10.7. The van der Waals surface area contributed by atoms with Crippen LogP contribution in [-0.4, -0.2) is 24.7 Å². The van der Waals surface area contributed by atoms with Crippen LogP contribution in [0.1, 0.15) is 26.3 Å². The smallest absolute Gasteiger partial charge is 0.140 e. The lowest BCUT2D eigenvalue weighted by Gasteiger charge is -2.46. The van der Waals surface area contributed by atoms with E-state index in [9.17, 15) is 5.11 Å². The summed E-state index contributed by atoms with van der Waals surface area (Å²) in [6.45, 7) is 6.60. The topological polar surface area (TPSA) is 20.2 Å². The van der Waals surface area contributed by atoms with Gasteiger partial charge in [0.25, 0.3) is 0 Å². The predicted octanol–water partition coefficient (Wildman–Crippen LogP) is 3.15. The number of rotatable bonds is 0. The van der Waals surface area contributed by atoms with Crippen LogP contribution in [0, 0.1) is 0 Å². The normalized spacial score (nSPS) is 21.2. The highest BCUT2D eigenvalue weighted by Crippen LogP contribution is 2.43. The Kier molecular flexibility index (Phi) is 2.18. The molecule has 0 unspecified atom stereocenters. The molecule has 1 heterocycles. The Balaban J connectivity index is 2.74. The zero-order chi connectivity index (χ0) is 12.1. The molecule has 0 radical (unpaired) electrons. The van der Waals surface area contributed by atoms with E-state index in [4.69, 9.17) is 0 Å². The maximum atomic E-state index is 9.57. The highest BCUT2D eigenvalue weighted by Gasteiger charge is 2.41. The van der Waals surface area contributed by atoms with Gasteiger partial charge in [0.1, 0.15) is 17.0 Å². The molecule has 2 heteroatoms. The number of phenolic OH excluding ortho intramolecular Hbond substituents is 1. The lowest BCUT2D eigenvalue weighted by Crippen LogP contribution is -2.58. The molecule has 86 valence electrons. The number of aromatic hydroxyl groups is 1. The molecule has 16 heavy (non-hydrogen) atoms. The Hall–Kier alpha value is -1.28. The fourth-order valence-electron chi connectivity index (χ4n) is 2.41. The summed E-state index contributed by atoms with van der Waals surface area (Å²) in [4.78, 5) is 0. The summed E-state index contributed by atoms with van der Waals surface area (Å²) in [7, 11) is 4.41. The monoisotopic (exact) mass is 218 g/mol. The highest BCUT2D eigenvalue weighted by atomic mass is 16.3. The van der Waals surface area contributed by atoms with Crippen molar-refractivity contribution in [3.05, 3.63) is 29.8 Å². The first-order valence-electron chi connectivity index (χ1n) is 5.63. The van der Waals surface area contributed by atoms with Gasteiger partial charge in [0, 0.05) is 11.6 Å². The van der Waals surface area contributed by atoms with E-state index in [1.807, 2.05) is 12.1 Å². The third-order valence-corrected chi connectivity index (χ3v) is 4.02. The Morgan fingerprint density at radius 3 is 2.44 bits per heavy atom. The van der Waals surface area contributed by atoms with Crippen LogP contribution in [0.2, 0.25) is 0 Å². The molecule has 0 amide bonds. The fourth-order valence-corrected chi connectivity index (χ4v) is 2.41. The molecule has 0 bridgehead atoms. The Labute approximate surface area is 97.4 Å². The van der Waals surface area contributed by atoms with Gasteiger partial charge >= 0.3 is 0 Å². The number of benzene rings is 1. The second-order valence-electron chi connectivity index (χ2n) is 5.64. The maximum absolute atomic E-state index is 9.57. The number of fused-ring (bicyclic) bond motifs is 1. The summed E-state index contributed by atoms with van der Waals surface area (Å²) in [5.41, 5.74) is 3.74. The van der Waals surface area contributed by atoms with Gasteiger partial charge < -0.3 is 5.11 Å². The minimum absolute atomic E-state index is 0.0774. The highest BCUT2D eigenvalue weighted by molar-refractivity contribution is 5.79. The maximum Gasteiger partial charge on any atom is 0.140 e. The van der Waals surface area contributed by atoms with Crippen LogP contribution in [0.4, 0.5) is 5.69 Å². The van der Waals surface area contributed by atoms with Crippen molar-refractivity contribution in [1.82, 2.24) is 4.48 Å². The minimum atomic E-state index is 0.0774. The van der Waals surface area contributed by atoms with E-state index in [1.165, 1.54) is 11.3 Å². The number of quaternary nitrogens is 1. The van der Waals surface area contributed by atoms with Crippen molar-refractivity contribution in [2.45, 2.75) is 26.3 Å². The van der Waals surface area contributed by atoms with E-state index in [2.05, 4.69) is 40.9 Å². The van der Waals surface area contributed by atoms with Gasteiger partial charge in [-0.05, 0) is 44.6 Å². The molecule has 0 aliphatic carbocycles.